The van der Waals surface area contributed by atoms with Gasteiger partial charge in [0.25, 0.3) is 5.91 Å². The van der Waals surface area contributed by atoms with Crippen LogP contribution in [0.3, 0.4) is 0 Å². The number of fused-ring (bicyclic) bond motifs is 1. The number of hydrogen-bond acceptors (Lipinski definition) is 5. The van der Waals surface area contributed by atoms with Gasteiger partial charge in [-0.25, -0.2) is 13.2 Å². The van der Waals surface area contributed by atoms with Crippen LogP contribution in [0, 0.1) is 6.92 Å². The second-order valence-electron chi connectivity index (χ2n) is 7.18. The van der Waals surface area contributed by atoms with Crippen LogP contribution in [0.4, 0.5) is 11.4 Å². The van der Waals surface area contributed by atoms with Crippen LogP contribution in [0.15, 0.2) is 42.5 Å². The molecular formula is C21H24N2O5S. The Bertz CT molecular complexity index is 1030. The fourth-order valence-corrected chi connectivity index (χ4v) is 4.19. The van der Waals surface area contributed by atoms with E-state index in [1.807, 2.05) is 19.1 Å². The highest BCUT2D eigenvalue weighted by molar-refractivity contribution is 7.92. The van der Waals surface area contributed by atoms with Crippen molar-refractivity contribution in [2.45, 2.75) is 32.8 Å². The second-order valence-corrected chi connectivity index (χ2v) is 9.09. The molecule has 2 aromatic carbocycles. The monoisotopic (exact) mass is 416 g/mol. The number of anilines is 2. The molecule has 3 rings (SSSR count). The van der Waals surface area contributed by atoms with Gasteiger partial charge < -0.3 is 10.1 Å². The Morgan fingerprint density at radius 2 is 1.83 bits per heavy atom. The van der Waals surface area contributed by atoms with E-state index >= 15 is 0 Å². The number of nitrogens with one attached hydrogen (secondary N) is 1. The second kappa shape index (κ2) is 8.24. The molecule has 1 atom stereocenters. The van der Waals surface area contributed by atoms with Crippen molar-refractivity contribution in [2.75, 3.05) is 22.4 Å². The van der Waals surface area contributed by atoms with Crippen molar-refractivity contribution in [3.05, 3.63) is 59.2 Å². The van der Waals surface area contributed by atoms with Crippen LogP contribution in [0.2, 0.25) is 0 Å². The number of sulfonamides is 1. The van der Waals surface area contributed by atoms with Gasteiger partial charge in [0.1, 0.15) is 0 Å². The molecule has 1 N–H and O–H groups in total. The van der Waals surface area contributed by atoms with Crippen molar-refractivity contribution < 1.29 is 22.7 Å². The normalized spacial score (nSPS) is 14.7. The first-order valence-electron chi connectivity index (χ1n) is 9.34. The molecule has 0 fully saturated rings. The van der Waals surface area contributed by atoms with Gasteiger partial charge in [0.05, 0.1) is 17.5 Å². The smallest absolute Gasteiger partial charge is 0.338 e. The highest BCUT2D eigenvalue weighted by Gasteiger charge is 2.26. The van der Waals surface area contributed by atoms with Crippen molar-refractivity contribution >= 4 is 33.3 Å². The van der Waals surface area contributed by atoms with Gasteiger partial charge in [-0.05, 0) is 62.6 Å². The molecule has 2 aromatic rings. The molecule has 1 aliphatic rings. The van der Waals surface area contributed by atoms with Crippen LogP contribution in [-0.4, -0.2) is 39.2 Å². The van der Waals surface area contributed by atoms with E-state index in [1.165, 1.54) is 23.6 Å². The summed E-state index contributed by atoms with van der Waals surface area (Å²) in [5, 5.41) is 2.71. The SMILES string of the molecule is Cc1ccc(NC(=O)[C@@H](C)OC(=O)c2ccc3c(c2)CCCN3S(C)(=O)=O)cc1. The number of amides is 1. The number of carbonyl (C=O) groups excluding carboxylic acids is 2. The van der Waals surface area contributed by atoms with Crippen molar-refractivity contribution in [3.63, 3.8) is 0 Å². The summed E-state index contributed by atoms with van der Waals surface area (Å²) >= 11 is 0. The maximum absolute atomic E-state index is 12.5. The van der Waals surface area contributed by atoms with Crippen LogP contribution in [0.1, 0.15) is 34.8 Å². The average molecular weight is 416 g/mol. The van der Waals surface area contributed by atoms with Crippen molar-refractivity contribution in [1.82, 2.24) is 0 Å². The van der Waals surface area contributed by atoms with E-state index in [2.05, 4.69) is 5.32 Å². The third-order valence-electron chi connectivity index (χ3n) is 4.76. The van der Waals surface area contributed by atoms with Gasteiger partial charge >= 0.3 is 5.97 Å². The van der Waals surface area contributed by atoms with E-state index in [4.69, 9.17) is 4.74 Å². The molecular weight excluding hydrogens is 392 g/mol. The first-order chi connectivity index (χ1) is 13.6. The summed E-state index contributed by atoms with van der Waals surface area (Å²) in [4.78, 5) is 24.8. The minimum Gasteiger partial charge on any atom is -0.449 e. The molecule has 1 heterocycles. The lowest BCUT2D eigenvalue weighted by molar-refractivity contribution is -0.123. The predicted molar refractivity (Wildman–Crippen MR) is 112 cm³/mol. The third-order valence-corrected chi connectivity index (χ3v) is 5.94. The van der Waals surface area contributed by atoms with Gasteiger partial charge in [0, 0.05) is 12.2 Å². The highest BCUT2D eigenvalue weighted by atomic mass is 32.2. The zero-order valence-corrected chi connectivity index (χ0v) is 17.5. The summed E-state index contributed by atoms with van der Waals surface area (Å²) in [6.07, 6.45) is 1.53. The molecule has 0 aromatic heterocycles. The lowest BCUT2D eigenvalue weighted by atomic mass is 10.0. The van der Waals surface area contributed by atoms with Gasteiger partial charge in [-0.1, -0.05) is 17.7 Å². The number of carbonyl (C=O) groups is 2. The molecule has 0 bridgehead atoms. The molecule has 1 amide bonds. The first kappa shape index (κ1) is 20.9. The van der Waals surface area contributed by atoms with Crippen molar-refractivity contribution in [3.8, 4) is 0 Å². The molecule has 8 heteroatoms. The summed E-state index contributed by atoms with van der Waals surface area (Å²) in [7, 11) is -3.37. The Kier molecular flexibility index (Phi) is 5.93. The van der Waals surface area contributed by atoms with Crippen LogP contribution >= 0.6 is 0 Å². The lowest BCUT2D eigenvalue weighted by Crippen LogP contribution is -2.34. The Hall–Kier alpha value is -2.87. The number of rotatable bonds is 5. The van der Waals surface area contributed by atoms with Crippen LogP contribution in [0.25, 0.3) is 0 Å². The zero-order chi connectivity index (χ0) is 21.2. The van der Waals surface area contributed by atoms with E-state index in [0.717, 1.165) is 11.1 Å². The van der Waals surface area contributed by atoms with Gasteiger partial charge in [-0.15, -0.1) is 0 Å². The molecule has 7 nitrogen and oxygen atoms in total. The van der Waals surface area contributed by atoms with Gasteiger partial charge in [-0.2, -0.15) is 0 Å². The van der Waals surface area contributed by atoms with Gasteiger partial charge in [0.15, 0.2) is 6.10 Å². The molecule has 1 aliphatic heterocycles. The molecule has 0 spiro atoms. The fourth-order valence-electron chi connectivity index (χ4n) is 3.20. The van der Waals surface area contributed by atoms with Crippen LogP contribution in [0.5, 0.6) is 0 Å². The van der Waals surface area contributed by atoms with Gasteiger partial charge in [-0.3, -0.25) is 9.10 Å². The Labute approximate surface area is 170 Å². The molecule has 0 saturated carbocycles. The van der Waals surface area contributed by atoms with E-state index in [1.54, 1.807) is 24.3 Å². The van der Waals surface area contributed by atoms with Crippen LogP contribution in [-0.2, 0) is 26.0 Å². The van der Waals surface area contributed by atoms with E-state index in [9.17, 15) is 18.0 Å². The quantitative estimate of drug-likeness (QED) is 0.757. The minimum atomic E-state index is -3.37. The topological polar surface area (TPSA) is 92.8 Å². The van der Waals surface area contributed by atoms with E-state index in [-0.39, 0.29) is 5.56 Å². The molecule has 0 radical (unpaired) electrons. The number of aryl methyl sites for hydroxylation is 2. The van der Waals surface area contributed by atoms with Crippen molar-refractivity contribution in [2.24, 2.45) is 0 Å². The number of benzene rings is 2. The fraction of sp³-hybridized carbons (Fsp3) is 0.333. The van der Waals surface area contributed by atoms with Crippen molar-refractivity contribution in [1.29, 1.82) is 0 Å². The molecule has 29 heavy (non-hydrogen) atoms. The summed E-state index contributed by atoms with van der Waals surface area (Å²) < 4.78 is 30.5. The van der Waals surface area contributed by atoms with Crippen LogP contribution < -0.4 is 9.62 Å². The molecule has 154 valence electrons. The summed E-state index contributed by atoms with van der Waals surface area (Å²) in [5.41, 5.74) is 3.34. The van der Waals surface area contributed by atoms with Gasteiger partial charge in [0.2, 0.25) is 10.0 Å². The first-order valence-corrected chi connectivity index (χ1v) is 11.2. The summed E-state index contributed by atoms with van der Waals surface area (Å²) in [5.74, 6) is -1.06. The third kappa shape index (κ3) is 4.95. The Balaban J connectivity index is 1.69. The standard InChI is InChI=1S/C21H24N2O5S/c1-14-6-9-18(10-7-14)22-20(24)15(2)28-21(25)17-8-11-19-16(13-17)5-4-12-23(19)29(3,26)27/h6-11,13,15H,4-5,12H2,1-3H3,(H,22,24)/t15-/m1/s1. The van der Waals surface area contributed by atoms with E-state index in [0.29, 0.717) is 30.8 Å². The zero-order valence-electron chi connectivity index (χ0n) is 16.6. The Morgan fingerprint density at radius 1 is 1.14 bits per heavy atom. The van der Waals surface area contributed by atoms with E-state index < -0.39 is 28.0 Å². The Morgan fingerprint density at radius 3 is 2.48 bits per heavy atom. The average Bonchev–Trinajstić information content (AvgIpc) is 2.67. The number of esters is 1. The summed E-state index contributed by atoms with van der Waals surface area (Å²) in [6, 6.07) is 12.1. The lowest BCUT2D eigenvalue weighted by Gasteiger charge is -2.29. The number of nitrogens with zero attached hydrogens (tertiary/aromatic N) is 1. The predicted octanol–water partition coefficient (Wildman–Crippen LogP) is 2.89. The largest absolute Gasteiger partial charge is 0.449 e. The number of ether oxygens (including phenoxy) is 1. The summed E-state index contributed by atoms with van der Waals surface area (Å²) in [6.45, 7) is 3.88. The maximum atomic E-state index is 12.5. The molecule has 0 aliphatic carbocycles. The maximum Gasteiger partial charge on any atom is 0.338 e. The molecule has 0 saturated heterocycles. The minimum absolute atomic E-state index is 0.286. The number of hydrogen-bond donors (Lipinski definition) is 1. The highest BCUT2D eigenvalue weighted by Crippen LogP contribution is 2.30. The molecule has 0 unspecified atom stereocenters.